The van der Waals surface area contributed by atoms with Crippen LogP contribution in [0.2, 0.25) is 5.02 Å². The second-order valence-electron chi connectivity index (χ2n) is 8.67. The average molecular weight is 594 g/mol. The van der Waals surface area contributed by atoms with Gasteiger partial charge in [0, 0.05) is 39.8 Å². The molecule has 9 heteroatoms. The molecule has 2 aromatic heterocycles. The second-order valence-corrected chi connectivity index (χ2v) is 10.0. The molecule has 6 nitrogen and oxygen atoms in total. The lowest BCUT2D eigenvalue weighted by Gasteiger charge is -2.31. The molecule has 0 amide bonds. The van der Waals surface area contributed by atoms with Crippen LogP contribution in [0.3, 0.4) is 0 Å². The molecule has 5 rings (SSSR count). The van der Waals surface area contributed by atoms with Gasteiger partial charge in [-0.3, -0.25) is 4.90 Å². The Hall–Kier alpha value is -2.68. The van der Waals surface area contributed by atoms with Gasteiger partial charge in [-0.15, -0.1) is 0 Å². The van der Waals surface area contributed by atoms with Crippen LogP contribution in [0.1, 0.15) is 51.0 Å². The van der Waals surface area contributed by atoms with Crippen molar-refractivity contribution in [2.24, 2.45) is 7.05 Å². The third-order valence-electron chi connectivity index (χ3n) is 6.24. The molecule has 37 heavy (non-hydrogen) atoms. The van der Waals surface area contributed by atoms with E-state index in [0.29, 0.717) is 47.1 Å². The molecule has 0 atom stereocenters. The minimum Gasteiger partial charge on any atom is -0.491 e. The standard InChI is InChI=1S/C28H29BrClFN4O2/c1-3-36-25-14-20(29)13-24-28(25)33-26(34(24)2)16-35-11-9-18(10-12-35)23-5-4-6-27(32-23)37-17-19-7-8-21(30)15-22(19)31/h4-8,13-15,18H,3,9-12,16-17H2,1-2H3/i3D2,16D2,17D2. The number of likely N-dealkylation sites (tertiary alicyclic amines) is 1. The Morgan fingerprint density at radius 1 is 1.14 bits per heavy atom. The van der Waals surface area contributed by atoms with Crippen LogP contribution in [0, 0.1) is 5.82 Å². The molecular formula is C28H29BrClFN4O2. The highest BCUT2D eigenvalue weighted by Gasteiger charge is 2.24. The number of ether oxygens (including phenoxy) is 2. The molecule has 1 aliphatic rings. The van der Waals surface area contributed by atoms with E-state index in [9.17, 15) is 4.39 Å². The Labute approximate surface area is 237 Å². The summed E-state index contributed by atoms with van der Waals surface area (Å²) in [6.45, 7) is -4.28. The zero-order valence-electron chi connectivity index (χ0n) is 26.3. The number of rotatable bonds is 8. The first-order chi connectivity index (χ1) is 20.0. The summed E-state index contributed by atoms with van der Waals surface area (Å²) in [4.78, 5) is 10.8. The maximum Gasteiger partial charge on any atom is 0.213 e. The van der Waals surface area contributed by atoms with Gasteiger partial charge < -0.3 is 14.0 Å². The van der Waals surface area contributed by atoms with Gasteiger partial charge in [0.1, 0.15) is 29.5 Å². The summed E-state index contributed by atoms with van der Waals surface area (Å²) in [5, 5.41) is 0.150. The van der Waals surface area contributed by atoms with Crippen LogP contribution in [0.25, 0.3) is 11.0 Å². The molecular weight excluding hydrogens is 559 g/mol. The first-order valence-corrected chi connectivity index (χ1v) is 12.9. The van der Waals surface area contributed by atoms with Crippen LogP contribution in [0.5, 0.6) is 11.6 Å². The van der Waals surface area contributed by atoms with E-state index in [1.807, 2.05) is 6.07 Å². The van der Waals surface area contributed by atoms with Crippen molar-refractivity contribution >= 4 is 38.6 Å². The largest absolute Gasteiger partial charge is 0.491 e. The average Bonchev–Trinajstić information content (AvgIpc) is 3.24. The maximum atomic E-state index is 14.4. The molecule has 194 valence electrons. The second kappa shape index (κ2) is 11.4. The molecule has 0 unspecified atom stereocenters. The Morgan fingerprint density at radius 3 is 2.70 bits per heavy atom. The van der Waals surface area contributed by atoms with Gasteiger partial charge in [-0.2, -0.15) is 0 Å². The molecule has 0 spiro atoms. The summed E-state index contributed by atoms with van der Waals surface area (Å²) >= 11 is 9.22. The lowest BCUT2D eigenvalue weighted by atomic mass is 9.93. The van der Waals surface area contributed by atoms with Gasteiger partial charge in [-0.1, -0.05) is 39.7 Å². The minimum atomic E-state index is -2.48. The predicted octanol–water partition coefficient (Wildman–Crippen LogP) is 6.88. The summed E-state index contributed by atoms with van der Waals surface area (Å²) in [7, 11) is 1.72. The Kier molecular flexibility index (Phi) is 5.96. The number of piperidine rings is 1. The lowest BCUT2D eigenvalue weighted by molar-refractivity contribution is 0.197. The van der Waals surface area contributed by atoms with E-state index >= 15 is 0 Å². The van der Waals surface area contributed by atoms with Crippen LogP contribution in [-0.2, 0) is 20.1 Å². The predicted molar refractivity (Wildman–Crippen MR) is 147 cm³/mol. The van der Waals surface area contributed by atoms with Crippen molar-refractivity contribution in [2.45, 2.75) is 38.7 Å². The molecule has 3 heterocycles. The fraction of sp³-hybridized carbons (Fsp3) is 0.357. The molecule has 0 saturated carbocycles. The van der Waals surface area contributed by atoms with Crippen molar-refractivity contribution in [1.82, 2.24) is 19.4 Å². The van der Waals surface area contributed by atoms with Crippen molar-refractivity contribution < 1.29 is 22.1 Å². The summed E-state index contributed by atoms with van der Waals surface area (Å²) in [6, 6.07) is 12.1. The van der Waals surface area contributed by atoms with Gasteiger partial charge in [0.25, 0.3) is 0 Å². The Morgan fingerprint density at radius 2 is 1.95 bits per heavy atom. The monoisotopic (exact) mass is 592 g/mol. The number of pyridine rings is 1. The SMILES string of the molecule is [2H]C([2H])(C)Oc1cc(Br)cc2c1nc(C([2H])([2H])N1CCC(c3cccc(OC([2H])([2H])c4ccc(Cl)cc4F)n3)CC1)n2C. The summed E-state index contributed by atoms with van der Waals surface area (Å²) < 4.78 is 77.9. The zero-order chi connectivity index (χ0) is 31.3. The Bertz CT molecular complexity index is 1660. The number of hydrogen-bond acceptors (Lipinski definition) is 5. The summed E-state index contributed by atoms with van der Waals surface area (Å²) in [6.07, 6.45) is 1.16. The number of hydrogen-bond donors (Lipinski definition) is 0. The molecule has 0 aliphatic carbocycles. The van der Waals surface area contributed by atoms with E-state index in [-0.39, 0.29) is 34.0 Å². The fourth-order valence-electron chi connectivity index (χ4n) is 4.33. The number of aromatic nitrogens is 3. The van der Waals surface area contributed by atoms with Crippen molar-refractivity contribution in [1.29, 1.82) is 0 Å². The molecule has 0 bridgehead atoms. The molecule has 1 fully saturated rings. The van der Waals surface area contributed by atoms with Crippen LogP contribution in [0.15, 0.2) is 53.0 Å². The van der Waals surface area contributed by atoms with E-state index in [1.54, 1.807) is 34.7 Å². The first-order valence-electron chi connectivity index (χ1n) is 14.8. The third-order valence-corrected chi connectivity index (χ3v) is 6.93. The number of benzene rings is 2. The lowest BCUT2D eigenvalue weighted by Crippen LogP contribution is -2.33. The molecule has 0 radical (unpaired) electrons. The number of imidazole rings is 1. The number of halogens is 3. The van der Waals surface area contributed by atoms with Gasteiger partial charge in [0.15, 0.2) is 0 Å². The normalized spacial score (nSPS) is 18.4. The van der Waals surface area contributed by atoms with E-state index in [2.05, 4.69) is 25.9 Å². The van der Waals surface area contributed by atoms with Crippen LogP contribution in [-0.4, -0.2) is 39.1 Å². The van der Waals surface area contributed by atoms with Crippen molar-refractivity contribution in [3.8, 4) is 11.6 Å². The highest BCUT2D eigenvalue weighted by Crippen LogP contribution is 2.32. The van der Waals surface area contributed by atoms with Crippen LogP contribution >= 0.6 is 27.5 Å². The highest BCUT2D eigenvalue weighted by molar-refractivity contribution is 9.10. The quantitative estimate of drug-likeness (QED) is 0.223. The van der Waals surface area contributed by atoms with Crippen LogP contribution < -0.4 is 9.47 Å². The van der Waals surface area contributed by atoms with E-state index < -0.39 is 25.4 Å². The zero-order valence-corrected chi connectivity index (χ0v) is 22.6. The van der Waals surface area contributed by atoms with E-state index in [1.165, 1.54) is 25.1 Å². The molecule has 4 aromatic rings. The number of fused-ring (bicyclic) bond motifs is 1. The van der Waals surface area contributed by atoms with Crippen molar-refractivity contribution in [3.05, 3.63) is 80.9 Å². The third kappa shape index (κ3) is 5.92. The first kappa shape index (κ1) is 19.4. The minimum absolute atomic E-state index is 0.00921. The molecule has 1 aliphatic heterocycles. The van der Waals surface area contributed by atoms with Crippen LogP contribution in [0.4, 0.5) is 4.39 Å². The highest BCUT2D eigenvalue weighted by atomic mass is 79.9. The van der Waals surface area contributed by atoms with Crippen molar-refractivity contribution in [2.75, 3.05) is 19.6 Å². The smallest absolute Gasteiger partial charge is 0.213 e. The summed E-state index contributed by atoms with van der Waals surface area (Å²) in [5.74, 6) is -0.458. The van der Waals surface area contributed by atoms with Gasteiger partial charge in [0.2, 0.25) is 5.88 Å². The number of nitrogens with zero attached hydrogens (tertiary/aromatic N) is 4. The molecule has 2 aromatic carbocycles. The molecule has 0 N–H and O–H groups in total. The fourth-order valence-corrected chi connectivity index (χ4v) is 4.92. The van der Waals surface area contributed by atoms with Gasteiger partial charge in [0.05, 0.1) is 26.8 Å². The van der Waals surface area contributed by atoms with E-state index in [4.69, 9.17) is 29.3 Å². The Balaban J connectivity index is 1.32. The summed E-state index contributed by atoms with van der Waals surface area (Å²) in [5.41, 5.74) is 1.35. The molecule has 1 saturated heterocycles. The number of aryl methyl sites for hydroxylation is 1. The van der Waals surface area contributed by atoms with Gasteiger partial charge in [-0.25, -0.2) is 14.4 Å². The van der Waals surface area contributed by atoms with Gasteiger partial charge in [-0.05, 0) is 63.2 Å². The topological polar surface area (TPSA) is 52.4 Å². The van der Waals surface area contributed by atoms with Gasteiger partial charge >= 0.3 is 0 Å². The van der Waals surface area contributed by atoms with E-state index in [0.717, 1.165) is 6.07 Å². The maximum absolute atomic E-state index is 14.4. The van der Waals surface area contributed by atoms with Crippen molar-refractivity contribution in [3.63, 3.8) is 0 Å².